The minimum atomic E-state index is -3.78. The smallest absolute Gasteiger partial charge is 0.248 e. The lowest BCUT2D eigenvalue weighted by molar-refractivity contribution is -0.138. The van der Waals surface area contributed by atoms with Crippen molar-refractivity contribution in [1.82, 2.24) is 19.0 Å². The third-order valence-corrected chi connectivity index (χ3v) is 10.3. The number of ether oxygens (including phenoxy) is 2. The second kappa shape index (κ2) is 12.3. The van der Waals surface area contributed by atoms with Crippen molar-refractivity contribution in [2.24, 2.45) is 0 Å². The van der Waals surface area contributed by atoms with Gasteiger partial charge in [-0.05, 0) is 74.8 Å². The first-order valence-electron chi connectivity index (χ1n) is 13.9. The molecule has 0 aromatic heterocycles. The average Bonchev–Trinajstić information content (AvgIpc) is 2.97. The van der Waals surface area contributed by atoms with E-state index < -0.39 is 16.1 Å². The minimum Gasteiger partial charge on any atom is -0.497 e. The summed E-state index contributed by atoms with van der Waals surface area (Å²) in [4.78, 5) is 20.0. The van der Waals surface area contributed by atoms with Gasteiger partial charge in [0.15, 0.2) is 0 Å². The molecule has 0 unspecified atom stereocenters. The molecule has 2 fully saturated rings. The van der Waals surface area contributed by atoms with Crippen LogP contribution in [0.15, 0.2) is 53.4 Å². The van der Waals surface area contributed by atoms with Crippen LogP contribution in [-0.2, 0) is 32.5 Å². The summed E-state index contributed by atoms with van der Waals surface area (Å²) in [5.74, 6) is 0.572. The van der Waals surface area contributed by atoms with Crippen molar-refractivity contribution in [3.05, 3.63) is 59.7 Å². The molecule has 212 valence electrons. The van der Waals surface area contributed by atoms with Crippen LogP contribution in [0.2, 0.25) is 0 Å². The molecular weight excluding hydrogens is 516 g/mol. The highest BCUT2D eigenvalue weighted by Crippen LogP contribution is 2.30. The summed E-state index contributed by atoms with van der Waals surface area (Å²) in [6.07, 6.45) is 2.91. The fraction of sp³-hybridized carbons (Fsp3) is 0.552. The summed E-state index contributed by atoms with van der Waals surface area (Å²) < 4.78 is 40.0. The van der Waals surface area contributed by atoms with Crippen LogP contribution < -0.4 is 4.74 Å². The van der Waals surface area contributed by atoms with Gasteiger partial charge in [0.05, 0.1) is 24.7 Å². The van der Waals surface area contributed by atoms with E-state index in [4.69, 9.17) is 9.47 Å². The number of piperidine rings is 1. The molecule has 10 heteroatoms. The van der Waals surface area contributed by atoms with Gasteiger partial charge >= 0.3 is 0 Å². The number of hydrogen-bond acceptors (Lipinski definition) is 7. The Kier molecular flexibility index (Phi) is 8.88. The molecule has 1 amide bonds. The number of rotatable bonds is 8. The maximum Gasteiger partial charge on any atom is 0.248 e. The van der Waals surface area contributed by atoms with E-state index in [2.05, 4.69) is 16.8 Å². The maximum absolute atomic E-state index is 13.7. The first-order valence-corrected chi connectivity index (χ1v) is 15.3. The van der Waals surface area contributed by atoms with E-state index in [1.165, 1.54) is 17.1 Å². The largest absolute Gasteiger partial charge is 0.497 e. The Bertz CT molecular complexity index is 1220. The highest BCUT2D eigenvalue weighted by Gasteiger charge is 2.36. The van der Waals surface area contributed by atoms with Crippen molar-refractivity contribution in [2.45, 2.75) is 42.8 Å². The van der Waals surface area contributed by atoms with Crippen molar-refractivity contribution < 1.29 is 22.7 Å². The number of sulfonamides is 1. The number of carbonyl (C=O) groups excluding carboxylic acids is 1. The SMILES string of the molecule is COc1ccc(S(=O)(=O)N2Cc3ccccc3C[C@H]2COCC(=O)N2CCN(C3CCN(C)CC3)CC2)cc1. The van der Waals surface area contributed by atoms with Crippen LogP contribution in [0.3, 0.4) is 0 Å². The fourth-order valence-corrected chi connectivity index (χ4v) is 7.53. The second-order valence-electron chi connectivity index (χ2n) is 10.8. The molecular formula is C29H40N4O5S. The Morgan fingerprint density at radius 2 is 1.59 bits per heavy atom. The quantitative estimate of drug-likeness (QED) is 0.492. The number of nitrogens with zero attached hydrogens (tertiary/aromatic N) is 4. The molecule has 0 saturated carbocycles. The molecule has 0 spiro atoms. The van der Waals surface area contributed by atoms with Crippen molar-refractivity contribution in [3.63, 3.8) is 0 Å². The van der Waals surface area contributed by atoms with E-state index in [1.807, 2.05) is 29.2 Å². The van der Waals surface area contributed by atoms with Gasteiger partial charge in [-0.1, -0.05) is 24.3 Å². The van der Waals surface area contributed by atoms with Gasteiger partial charge in [0, 0.05) is 38.8 Å². The lowest BCUT2D eigenvalue weighted by atomic mass is 9.96. The maximum atomic E-state index is 13.7. The van der Waals surface area contributed by atoms with E-state index in [-0.39, 0.29) is 30.6 Å². The van der Waals surface area contributed by atoms with Crippen LogP contribution in [-0.4, -0.2) is 112 Å². The summed E-state index contributed by atoms with van der Waals surface area (Å²) in [7, 11) is -0.0524. The highest BCUT2D eigenvalue weighted by atomic mass is 32.2. The van der Waals surface area contributed by atoms with E-state index in [9.17, 15) is 13.2 Å². The molecule has 3 aliphatic heterocycles. The van der Waals surface area contributed by atoms with Crippen LogP contribution >= 0.6 is 0 Å². The summed E-state index contributed by atoms with van der Waals surface area (Å²) in [6, 6.07) is 14.6. The standard InChI is InChI=1S/C29H40N4O5S/c1-30-13-11-25(12-14-30)31-15-17-32(18-16-31)29(34)22-38-21-26-19-23-5-3-4-6-24(23)20-33(26)39(35,36)28-9-7-27(37-2)8-10-28/h3-10,25-26H,11-22H2,1-2H3/t26-/m0/s1. The number of piperazine rings is 1. The summed E-state index contributed by atoms with van der Waals surface area (Å²) in [5, 5.41) is 0. The number of amides is 1. The molecule has 39 heavy (non-hydrogen) atoms. The molecule has 0 radical (unpaired) electrons. The molecule has 3 heterocycles. The molecule has 0 N–H and O–H groups in total. The minimum absolute atomic E-state index is 0.0289. The number of carbonyl (C=O) groups is 1. The number of likely N-dealkylation sites (tertiary alicyclic amines) is 1. The molecule has 9 nitrogen and oxygen atoms in total. The zero-order valence-electron chi connectivity index (χ0n) is 23.0. The van der Waals surface area contributed by atoms with Gasteiger partial charge in [0.2, 0.25) is 15.9 Å². The first kappa shape index (κ1) is 28.0. The van der Waals surface area contributed by atoms with Crippen molar-refractivity contribution in [3.8, 4) is 5.75 Å². The average molecular weight is 557 g/mol. The van der Waals surface area contributed by atoms with Gasteiger partial charge in [-0.2, -0.15) is 4.31 Å². The number of hydrogen-bond donors (Lipinski definition) is 0. The monoisotopic (exact) mass is 556 g/mol. The lowest BCUT2D eigenvalue weighted by Crippen LogP contribution is -2.54. The molecule has 2 aromatic carbocycles. The normalized spacial score (nSPS) is 22.0. The molecule has 1 atom stereocenters. The summed E-state index contributed by atoms with van der Waals surface area (Å²) in [5.41, 5.74) is 2.10. The number of fused-ring (bicyclic) bond motifs is 1. The van der Waals surface area contributed by atoms with E-state index >= 15 is 0 Å². The number of benzene rings is 2. The van der Waals surface area contributed by atoms with E-state index in [1.54, 1.807) is 31.4 Å². The van der Waals surface area contributed by atoms with Crippen molar-refractivity contribution in [2.75, 3.05) is 66.6 Å². The Balaban J connectivity index is 1.19. The molecule has 2 saturated heterocycles. The van der Waals surface area contributed by atoms with Crippen LogP contribution in [0.5, 0.6) is 5.75 Å². The number of methoxy groups -OCH3 is 1. The van der Waals surface area contributed by atoms with Crippen molar-refractivity contribution in [1.29, 1.82) is 0 Å². The van der Waals surface area contributed by atoms with Gasteiger partial charge in [-0.25, -0.2) is 8.42 Å². The molecule has 0 aliphatic carbocycles. The zero-order valence-corrected chi connectivity index (χ0v) is 23.8. The van der Waals surface area contributed by atoms with E-state index in [0.717, 1.165) is 37.3 Å². The van der Waals surface area contributed by atoms with Gasteiger partial charge < -0.3 is 19.3 Å². The van der Waals surface area contributed by atoms with Crippen LogP contribution in [0.4, 0.5) is 0 Å². The molecule has 3 aliphatic rings. The zero-order chi connectivity index (χ0) is 27.4. The molecule has 0 bridgehead atoms. The van der Waals surface area contributed by atoms with Gasteiger partial charge in [-0.3, -0.25) is 9.69 Å². The Morgan fingerprint density at radius 1 is 0.923 bits per heavy atom. The fourth-order valence-electron chi connectivity index (χ4n) is 5.94. The first-order chi connectivity index (χ1) is 18.8. The Labute approximate surface area is 232 Å². The van der Waals surface area contributed by atoms with Crippen molar-refractivity contribution >= 4 is 15.9 Å². The third-order valence-electron chi connectivity index (χ3n) is 8.38. The molecule has 5 rings (SSSR count). The Morgan fingerprint density at radius 3 is 2.26 bits per heavy atom. The Hall–Kier alpha value is -2.50. The van der Waals surface area contributed by atoms with Gasteiger partial charge in [0.1, 0.15) is 12.4 Å². The predicted molar refractivity (Wildman–Crippen MR) is 149 cm³/mol. The van der Waals surface area contributed by atoms with Gasteiger partial charge in [-0.15, -0.1) is 0 Å². The summed E-state index contributed by atoms with van der Waals surface area (Å²) >= 11 is 0. The second-order valence-corrected chi connectivity index (χ2v) is 12.7. The van der Waals surface area contributed by atoms with Gasteiger partial charge in [0.25, 0.3) is 0 Å². The van der Waals surface area contributed by atoms with Crippen LogP contribution in [0.1, 0.15) is 24.0 Å². The summed E-state index contributed by atoms with van der Waals surface area (Å²) in [6.45, 7) is 5.87. The molecule has 2 aromatic rings. The topological polar surface area (TPSA) is 82.6 Å². The van der Waals surface area contributed by atoms with Crippen LogP contribution in [0.25, 0.3) is 0 Å². The highest BCUT2D eigenvalue weighted by molar-refractivity contribution is 7.89. The lowest BCUT2D eigenvalue weighted by Gasteiger charge is -2.42. The van der Waals surface area contributed by atoms with Crippen LogP contribution in [0, 0.1) is 0 Å². The van der Waals surface area contributed by atoms with E-state index in [0.29, 0.717) is 31.3 Å². The third kappa shape index (κ3) is 6.47. The predicted octanol–water partition coefficient (Wildman–Crippen LogP) is 2.07.